The second kappa shape index (κ2) is 5.98. The maximum absolute atomic E-state index is 13.0. The highest BCUT2D eigenvalue weighted by Gasteiger charge is 2.46. The number of carbonyl (C=O) groups is 1. The molecule has 0 spiro atoms. The summed E-state index contributed by atoms with van der Waals surface area (Å²) in [6, 6.07) is 6.41. The molecule has 0 N–H and O–H groups in total. The molecule has 6 nitrogen and oxygen atoms in total. The molecule has 7 heteroatoms. The van der Waals surface area contributed by atoms with Crippen LogP contribution in [0.2, 0.25) is 0 Å². The summed E-state index contributed by atoms with van der Waals surface area (Å²) in [5.41, 5.74) is 1.02. The molecule has 2 aromatic rings. The zero-order valence-electron chi connectivity index (χ0n) is 13.3. The fourth-order valence-corrected chi connectivity index (χ4v) is 3.23. The van der Waals surface area contributed by atoms with Crippen molar-refractivity contribution in [2.75, 3.05) is 19.7 Å². The van der Waals surface area contributed by atoms with Gasteiger partial charge in [-0.15, -0.1) is 0 Å². The van der Waals surface area contributed by atoms with Gasteiger partial charge in [-0.25, -0.2) is 4.39 Å². The minimum absolute atomic E-state index is 0.0267. The van der Waals surface area contributed by atoms with Crippen LogP contribution in [0, 0.1) is 18.7 Å². The van der Waals surface area contributed by atoms with Gasteiger partial charge in [0, 0.05) is 19.4 Å². The molecule has 0 radical (unpaired) electrons. The van der Waals surface area contributed by atoms with Gasteiger partial charge in [-0.1, -0.05) is 17.3 Å². The van der Waals surface area contributed by atoms with Crippen LogP contribution in [-0.4, -0.2) is 40.6 Å². The van der Waals surface area contributed by atoms with Crippen molar-refractivity contribution in [2.45, 2.75) is 25.4 Å². The minimum Gasteiger partial charge on any atom is -0.366 e. The molecule has 1 aliphatic heterocycles. The first-order valence-corrected chi connectivity index (χ1v) is 8.08. The maximum Gasteiger partial charge on any atom is 0.226 e. The third-order valence-electron chi connectivity index (χ3n) is 4.62. The number of rotatable bonds is 3. The highest BCUT2D eigenvalue weighted by Crippen LogP contribution is 2.48. The van der Waals surface area contributed by atoms with Crippen molar-refractivity contribution in [1.82, 2.24) is 15.0 Å². The average Bonchev–Trinajstić information content (AvgIpc) is 3.28. The monoisotopic (exact) mass is 331 g/mol. The highest BCUT2D eigenvalue weighted by molar-refractivity contribution is 5.83. The molecule has 1 saturated carbocycles. The van der Waals surface area contributed by atoms with Crippen molar-refractivity contribution in [3.05, 3.63) is 47.4 Å². The molecule has 1 aliphatic carbocycles. The maximum atomic E-state index is 13.0. The first-order chi connectivity index (χ1) is 11.6. The Kier molecular flexibility index (Phi) is 3.80. The normalized spacial score (nSPS) is 26.4. The predicted octanol–water partition coefficient (Wildman–Crippen LogP) is 2.22. The summed E-state index contributed by atoms with van der Waals surface area (Å²) in [6.45, 7) is 3.18. The summed E-state index contributed by atoms with van der Waals surface area (Å²) in [7, 11) is 0. The summed E-state index contributed by atoms with van der Waals surface area (Å²) >= 11 is 0. The van der Waals surface area contributed by atoms with E-state index in [0.29, 0.717) is 31.4 Å². The second-order valence-corrected chi connectivity index (χ2v) is 6.32. The number of halogens is 1. The smallest absolute Gasteiger partial charge is 0.226 e. The quantitative estimate of drug-likeness (QED) is 0.863. The number of nitrogens with zero attached hydrogens (tertiary/aromatic N) is 3. The van der Waals surface area contributed by atoms with Crippen molar-refractivity contribution in [1.29, 1.82) is 0 Å². The molecule has 1 saturated heterocycles. The standard InChI is InChI=1S/C17H18FN3O3/c1-10-19-16(20-24-10)15-9-21(6-7-23-15)17(22)14-8-13(14)11-2-4-12(18)5-3-11/h2-5,13-15H,6-9H2,1H3/t13-,14+,15+/m1/s1. The van der Waals surface area contributed by atoms with Crippen LogP contribution in [-0.2, 0) is 9.53 Å². The lowest BCUT2D eigenvalue weighted by atomic mass is 10.1. The number of ether oxygens (including phenoxy) is 1. The summed E-state index contributed by atoms with van der Waals surface area (Å²) in [4.78, 5) is 18.7. The first-order valence-electron chi connectivity index (χ1n) is 8.08. The zero-order chi connectivity index (χ0) is 16.7. The van der Waals surface area contributed by atoms with Crippen LogP contribution in [0.3, 0.4) is 0 Å². The molecule has 1 amide bonds. The molecule has 0 unspecified atom stereocenters. The van der Waals surface area contributed by atoms with Crippen LogP contribution in [0.15, 0.2) is 28.8 Å². The Bertz CT molecular complexity index is 746. The number of aryl methyl sites for hydroxylation is 1. The van der Waals surface area contributed by atoms with Gasteiger partial charge in [-0.2, -0.15) is 4.98 Å². The summed E-state index contributed by atoms with van der Waals surface area (Å²) < 4.78 is 23.7. The fraction of sp³-hybridized carbons (Fsp3) is 0.471. The highest BCUT2D eigenvalue weighted by atomic mass is 19.1. The van der Waals surface area contributed by atoms with Crippen molar-refractivity contribution in [3.8, 4) is 0 Å². The predicted molar refractivity (Wildman–Crippen MR) is 81.6 cm³/mol. The van der Waals surface area contributed by atoms with Gasteiger partial charge in [0.25, 0.3) is 0 Å². The third kappa shape index (κ3) is 2.91. The number of hydrogen-bond acceptors (Lipinski definition) is 5. The molecule has 3 atom stereocenters. The van der Waals surface area contributed by atoms with Gasteiger partial charge in [0.15, 0.2) is 0 Å². The Morgan fingerprint density at radius 3 is 2.83 bits per heavy atom. The number of morpholine rings is 1. The third-order valence-corrected chi connectivity index (χ3v) is 4.62. The molecule has 1 aromatic heterocycles. The molecular formula is C17H18FN3O3. The summed E-state index contributed by atoms with van der Waals surface area (Å²) in [5.74, 6) is 0.992. The van der Waals surface area contributed by atoms with Gasteiger partial charge < -0.3 is 14.2 Å². The zero-order valence-corrected chi connectivity index (χ0v) is 13.3. The van der Waals surface area contributed by atoms with E-state index in [1.165, 1.54) is 12.1 Å². The van der Waals surface area contributed by atoms with Gasteiger partial charge in [-0.3, -0.25) is 4.79 Å². The Morgan fingerprint density at radius 1 is 1.33 bits per heavy atom. The largest absolute Gasteiger partial charge is 0.366 e. The summed E-state index contributed by atoms with van der Waals surface area (Å²) in [6.07, 6.45) is 0.469. The van der Waals surface area contributed by atoms with Gasteiger partial charge in [0.05, 0.1) is 13.2 Å². The summed E-state index contributed by atoms with van der Waals surface area (Å²) in [5, 5.41) is 3.88. The van der Waals surface area contributed by atoms with E-state index >= 15 is 0 Å². The number of hydrogen-bond donors (Lipinski definition) is 0. The molecule has 2 heterocycles. The lowest BCUT2D eigenvalue weighted by molar-refractivity contribution is -0.140. The number of carbonyl (C=O) groups excluding carboxylic acids is 1. The fourth-order valence-electron chi connectivity index (χ4n) is 3.23. The van der Waals surface area contributed by atoms with Crippen LogP contribution in [0.4, 0.5) is 4.39 Å². The molecule has 2 aliphatic rings. The number of aromatic nitrogens is 2. The molecule has 2 fully saturated rings. The topological polar surface area (TPSA) is 68.5 Å². The van der Waals surface area contributed by atoms with Crippen LogP contribution in [0.25, 0.3) is 0 Å². The van der Waals surface area contributed by atoms with Crippen molar-refractivity contribution in [2.24, 2.45) is 5.92 Å². The van der Waals surface area contributed by atoms with Crippen molar-refractivity contribution < 1.29 is 18.4 Å². The lowest BCUT2D eigenvalue weighted by Gasteiger charge is -2.31. The number of amides is 1. The van der Waals surface area contributed by atoms with E-state index in [9.17, 15) is 9.18 Å². The lowest BCUT2D eigenvalue weighted by Crippen LogP contribution is -2.43. The minimum atomic E-state index is -0.344. The Labute approximate surface area is 138 Å². The molecule has 0 bridgehead atoms. The van der Waals surface area contributed by atoms with Crippen molar-refractivity contribution in [3.63, 3.8) is 0 Å². The van der Waals surface area contributed by atoms with E-state index < -0.39 is 0 Å². The van der Waals surface area contributed by atoms with Gasteiger partial charge in [-0.05, 0) is 30.0 Å². The van der Waals surface area contributed by atoms with E-state index in [1.54, 1.807) is 19.1 Å². The van der Waals surface area contributed by atoms with Crippen LogP contribution in [0.5, 0.6) is 0 Å². The van der Waals surface area contributed by atoms with Crippen LogP contribution < -0.4 is 0 Å². The molecule has 24 heavy (non-hydrogen) atoms. The van der Waals surface area contributed by atoms with Gasteiger partial charge in [0.2, 0.25) is 17.6 Å². The van der Waals surface area contributed by atoms with Crippen LogP contribution >= 0.6 is 0 Å². The molecule has 126 valence electrons. The first kappa shape index (κ1) is 15.3. The van der Waals surface area contributed by atoms with Crippen molar-refractivity contribution >= 4 is 5.91 Å². The van der Waals surface area contributed by atoms with E-state index in [4.69, 9.17) is 9.26 Å². The van der Waals surface area contributed by atoms with E-state index in [2.05, 4.69) is 10.1 Å². The Balaban J connectivity index is 1.41. The molecular weight excluding hydrogens is 313 g/mol. The van der Waals surface area contributed by atoms with Crippen LogP contribution in [0.1, 0.15) is 35.7 Å². The Hall–Kier alpha value is -2.28. The SMILES string of the molecule is Cc1nc([C@@H]2CN(C(=O)[C@H]3C[C@@H]3c3ccc(F)cc3)CCO2)no1. The Morgan fingerprint density at radius 2 is 2.12 bits per heavy atom. The molecule has 1 aromatic carbocycles. The van der Waals surface area contributed by atoms with E-state index in [0.717, 1.165) is 12.0 Å². The van der Waals surface area contributed by atoms with E-state index in [1.807, 2.05) is 4.90 Å². The van der Waals surface area contributed by atoms with Gasteiger partial charge >= 0.3 is 0 Å². The second-order valence-electron chi connectivity index (χ2n) is 6.32. The number of benzene rings is 1. The molecule has 4 rings (SSSR count). The average molecular weight is 331 g/mol. The van der Waals surface area contributed by atoms with E-state index in [-0.39, 0.29) is 29.7 Å². The van der Waals surface area contributed by atoms with Gasteiger partial charge in [0.1, 0.15) is 11.9 Å².